The molecule has 0 aliphatic carbocycles. The minimum Gasteiger partial charge on any atom is -0.367 e. The van der Waals surface area contributed by atoms with Gasteiger partial charge in [-0.1, -0.05) is 5.16 Å². The molecule has 0 spiro atoms. The lowest BCUT2D eigenvalue weighted by Gasteiger charge is -2.08. The van der Waals surface area contributed by atoms with Gasteiger partial charge in [-0.05, 0) is 6.92 Å². The molecule has 1 aromatic heterocycles. The number of carbonyl (C=O) groups excluding carboxylic acids is 1. The molecule has 1 amide bonds. The molecule has 1 aromatic rings. The summed E-state index contributed by atoms with van der Waals surface area (Å²) in [5.74, 6) is -0.113. The van der Waals surface area contributed by atoms with Crippen molar-refractivity contribution < 1.29 is 9.32 Å². The van der Waals surface area contributed by atoms with Gasteiger partial charge in [0.05, 0.1) is 5.69 Å². The number of aromatic nitrogens is 1. The van der Waals surface area contributed by atoms with Crippen molar-refractivity contribution in [3.63, 3.8) is 0 Å². The number of nitrogen functional groups attached to an aromatic ring is 1. The van der Waals surface area contributed by atoms with Crippen LogP contribution in [0.4, 0.5) is 5.88 Å². The first-order chi connectivity index (χ1) is 5.54. The first kappa shape index (κ1) is 8.58. The smallest absolute Gasteiger partial charge is 0.260 e. The Labute approximate surface area is 70.1 Å². The topological polar surface area (TPSA) is 72.4 Å². The van der Waals surface area contributed by atoms with E-state index in [1.54, 1.807) is 21.0 Å². The number of hydrogen-bond acceptors (Lipinski definition) is 4. The van der Waals surface area contributed by atoms with Crippen LogP contribution in [0.3, 0.4) is 0 Å². The van der Waals surface area contributed by atoms with E-state index in [0.717, 1.165) is 0 Å². The van der Waals surface area contributed by atoms with E-state index >= 15 is 0 Å². The van der Waals surface area contributed by atoms with Crippen LogP contribution in [-0.4, -0.2) is 30.1 Å². The Balaban J connectivity index is 3.09. The van der Waals surface area contributed by atoms with Crippen LogP contribution in [0.2, 0.25) is 0 Å². The third-order valence-electron chi connectivity index (χ3n) is 1.51. The highest BCUT2D eigenvalue weighted by Gasteiger charge is 2.19. The van der Waals surface area contributed by atoms with E-state index in [2.05, 4.69) is 9.68 Å². The van der Waals surface area contributed by atoms with Crippen molar-refractivity contribution >= 4 is 11.8 Å². The van der Waals surface area contributed by atoms with Crippen LogP contribution in [0.1, 0.15) is 16.1 Å². The molecule has 0 aliphatic heterocycles. The second kappa shape index (κ2) is 2.84. The summed E-state index contributed by atoms with van der Waals surface area (Å²) in [5, 5.41) is 3.57. The summed E-state index contributed by atoms with van der Waals surface area (Å²) in [4.78, 5) is 12.8. The zero-order valence-electron chi connectivity index (χ0n) is 7.29. The van der Waals surface area contributed by atoms with Gasteiger partial charge >= 0.3 is 0 Å². The van der Waals surface area contributed by atoms with Crippen molar-refractivity contribution in [3.05, 3.63) is 11.3 Å². The molecule has 0 saturated carbocycles. The van der Waals surface area contributed by atoms with Gasteiger partial charge in [0.2, 0.25) is 5.88 Å². The maximum Gasteiger partial charge on any atom is 0.260 e. The van der Waals surface area contributed by atoms with Gasteiger partial charge in [0.15, 0.2) is 0 Å². The minimum atomic E-state index is -0.189. The third-order valence-corrected chi connectivity index (χ3v) is 1.51. The molecule has 66 valence electrons. The summed E-state index contributed by atoms with van der Waals surface area (Å²) in [7, 11) is 3.29. The fourth-order valence-corrected chi connectivity index (χ4v) is 0.871. The van der Waals surface area contributed by atoms with E-state index in [-0.39, 0.29) is 11.8 Å². The van der Waals surface area contributed by atoms with E-state index < -0.39 is 0 Å². The van der Waals surface area contributed by atoms with Crippen molar-refractivity contribution in [1.29, 1.82) is 0 Å². The number of hydrogen-bond donors (Lipinski definition) is 1. The van der Waals surface area contributed by atoms with Crippen molar-refractivity contribution in [1.82, 2.24) is 10.1 Å². The molecule has 5 heteroatoms. The molecule has 1 rings (SSSR count). The maximum atomic E-state index is 11.4. The number of amides is 1. The molecule has 0 atom stereocenters. The Kier molecular flexibility index (Phi) is 2.03. The Morgan fingerprint density at radius 3 is 2.50 bits per heavy atom. The molecule has 5 nitrogen and oxygen atoms in total. The number of rotatable bonds is 1. The normalized spacial score (nSPS) is 9.92. The lowest BCUT2D eigenvalue weighted by atomic mass is 10.2. The average Bonchev–Trinajstić information content (AvgIpc) is 2.30. The fourth-order valence-electron chi connectivity index (χ4n) is 0.871. The Morgan fingerprint density at radius 2 is 2.17 bits per heavy atom. The highest BCUT2D eigenvalue weighted by molar-refractivity contribution is 5.98. The SMILES string of the molecule is Cc1noc(N)c1C(=O)N(C)C. The first-order valence-corrected chi connectivity index (χ1v) is 3.47. The van der Waals surface area contributed by atoms with Crippen molar-refractivity contribution in [3.8, 4) is 0 Å². The highest BCUT2D eigenvalue weighted by atomic mass is 16.5. The highest BCUT2D eigenvalue weighted by Crippen LogP contribution is 2.16. The summed E-state index contributed by atoms with van der Waals surface area (Å²) in [6.45, 7) is 1.68. The largest absolute Gasteiger partial charge is 0.367 e. The van der Waals surface area contributed by atoms with Gasteiger partial charge in [-0.15, -0.1) is 0 Å². The van der Waals surface area contributed by atoms with Crippen LogP contribution < -0.4 is 5.73 Å². The predicted octanol–water partition coefficient (Wildman–Crippen LogP) is 0.267. The molecule has 0 fully saturated rings. The van der Waals surface area contributed by atoms with Crippen molar-refractivity contribution in [2.24, 2.45) is 0 Å². The van der Waals surface area contributed by atoms with E-state index in [0.29, 0.717) is 11.3 Å². The number of anilines is 1. The Hall–Kier alpha value is -1.52. The van der Waals surface area contributed by atoms with Crippen LogP contribution in [0.25, 0.3) is 0 Å². The summed E-state index contributed by atoms with van der Waals surface area (Å²) < 4.78 is 4.65. The van der Waals surface area contributed by atoms with Gasteiger partial charge in [0.1, 0.15) is 5.56 Å². The second-order valence-corrected chi connectivity index (χ2v) is 2.71. The van der Waals surface area contributed by atoms with Gasteiger partial charge in [0, 0.05) is 14.1 Å². The Bertz CT molecular complexity index is 284. The molecule has 0 unspecified atom stereocenters. The van der Waals surface area contributed by atoms with E-state index in [4.69, 9.17) is 5.73 Å². The number of nitrogens with zero attached hydrogens (tertiary/aromatic N) is 2. The summed E-state index contributed by atoms with van der Waals surface area (Å²) >= 11 is 0. The quantitative estimate of drug-likeness (QED) is 0.654. The lowest BCUT2D eigenvalue weighted by molar-refractivity contribution is 0.0827. The van der Waals surface area contributed by atoms with Gasteiger partial charge in [-0.25, -0.2) is 0 Å². The van der Waals surface area contributed by atoms with Crippen LogP contribution in [-0.2, 0) is 0 Å². The van der Waals surface area contributed by atoms with Gasteiger partial charge in [-0.2, -0.15) is 0 Å². The van der Waals surface area contributed by atoms with Gasteiger partial charge < -0.3 is 15.2 Å². The standard InChI is InChI=1S/C7H11N3O2/c1-4-5(6(8)12-9-4)7(11)10(2)3/h8H2,1-3H3. The van der Waals surface area contributed by atoms with Crippen LogP contribution in [0.5, 0.6) is 0 Å². The maximum absolute atomic E-state index is 11.4. The molecular formula is C7H11N3O2. The number of aryl methyl sites for hydroxylation is 1. The van der Waals surface area contributed by atoms with Crippen LogP contribution in [0, 0.1) is 6.92 Å². The predicted molar refractivity (Wildman–Crippen MR) is 43.7 cm³/mol. The van der Waals surface area contributed by atoms with Gasteiger partial charge in [0.25, 0.3) is 5.91 Å². The van der Waals surface area contributed by atoms with Crippen molar-refractivity contribution in [2.45, 2.75) is 6.92 Å². The third kappa shape index (κ3) is 1.25. The average molecular weight is 169 g/mol. The monoisotopic (exact) mass is 169 g/mol. The van der Waals surface area contributed by atoms with Gasteiger partial charge in [-0.3, -0.25) is 4.79 Å². The molecule has 0 aliphatic rings. The first-order valence-electron chi connectivity index (χ1n) is 3.47. The molecular weight excluding hydrogens is 158 g/mol. The van der Waals surface area contributed by atoms with Crippen molar-refractivity contribution in [2.75, 3.05) is 19.8 Å². The number of carbonyl (C=O) groups is 1. The lowest BCUT2D eigenvalue weighted by Crippen LogP contribution is -2.22. The summed E-state index contributed by atoms with van der Waals surface area (Å²) in [6, 6.07) is 0. The number of nitrogens with two attached hydrogens (primary N) is 1. The zero-order valence-corrected chi connectivity index (χ0v) is 7.29. The van der Waals surface area contributed by atoms with Crippen LogP contribution >= 0.6 is 0 Å². The fraction of sp³-hybridized carbons (Fsp3) is 0.429. The molecule has 1 heterocycles. The molecule has 2 N–H and O–H groups in total. The molecule has 0 radical (unpaired) electrons. The summed E-state index contributed by atoms with van der Waals surface area (Å²) in [6.07, 6.45) is 0. The molecule has 0 saturated heterocycles. The van der Waals surface area contributed by atoms with E-state index in [1.807, 2.05) is 0 Å². The second-order valence-electron chi connectivity index (χ2n) is 2.71. The Morgan fingerprint density at radius 1 is 1.58 bits per heavy atom. The van der Waals surface area contributed by atoms with E-state index in [9.17, 15) is 4.79 Å². The molecule has 12 heavy (non-hydrogen) atoms. The molecule has 0 aromatic carbocycles. The van der Waals surface area contributed by atoms with E-state index in [1.165, 1.54) is 4.90 Å². The van der Waals surface area contributed by atoms with Crippen LogP contribution in [0.15, 0.2) is 4.52 Å². The zero-order chi connectivity index (χ0) is 9.30. The minimum absolute atomic E-state index is 0.0752. The molecule has 0 bridgehead atoms. The summed E-state index contributed by atoms with van der Waals surface area (Å²) in [5.41, 5.74) is 6.27.